The molecule has 3 nitrogen and oxygen atoms in total. The molecule has 1 aromatic carbocycles. The monoisotopic (exact) mass is 188 g/mol. The molecular weight excluding hydrogens is 179 g/mol. The summed E-state index contributed by atoms with van der Waals surface area (Å²) in [5.74, 6) is -0.494. The minimum atomic E-state index is -1.31. The molecule has 0 amide bonds. The van der Waals surface area contributed by atoms with E-state index in [0.29, 0.717) is 4.90 Å². The van der Waals surface area contributed by atoms with E-state index in [0.717, 1.165) is 0 Å². The SMILES string of the molecule is CNS(=O)c1ccc(F)c(N)c1. The molecule has 0 bridgehead atoms. The Balaban J connectivity index is 3.05. The van der Waals surface area contributed by atoms with Crippen LogP contribution in [0.1, 0.15) is 0 Å². The minimum absolute atomic E-state index is 0.0103. The first-order valence-electron chi connectivity index (χ1n) is 3.29. The van der Waals surface area contributed by atoms with Crippen molar-refractivity contribution in [1.29, 1.82) is 0 Å². The van der Waals surface area contributed by atoms with Crippen LogP contribution in [-0.4, -0.2) is 11.3 Å². The fourth-order valence-corrected chi connectivity index (χ4v) is 1.42. The van der Waals surface area contributed by atoms with Crippen LogP contribution in [-0.2, 0) is 11.0 Å². The Labute approximate surface area is 72.4 Å². The lowest BCUT2D eigenvalue weighted by molar-refractivity contribution is 0.631. The Morgan fingerprint density at radius 2 is 2.25 bits per heavy atom. The van der Waals surface area contributed by atoms with E-state index in [2.05, 4.69) is 4.72 Å². The highest BCUT2D eigenvalue weighted by molar-refractivity contribution is 7.83. The van der Waals surface area contributed by atoms with Crippen LogP contribution in [0.25, 0.3) is 0 Å². The van der Waals surface area contributed by atoms with Gasteiger partial charge in [-0.1, -0.05) is 0 Å². The van der Waals surface area contributed by atoms with Crippen molar-refractivity contribution in [3.63, 3.8) is 0 Å². The fraction of sp³-hybridized carbons (Fsp3) is 0.143. The van der Waals surface area contributed by atoms with Crippen molar-refractivity contribution in [3.05, 3.63) is 24.0 Å². The van der Waals surface area contributed by atoms with Gasteiger partial charge in [-0.2, -0.15) is 0 Å². The smallest absolute Gasteiger partial charge is 0.146 e. The van der Waals surface area contributed by atoms with Gasteiger partial charge < -0.3 is 5.73 Å². The van der Waals surface area contributed by atoms with Crippen molar-refractivity contribution in [3.8, 4) is 0 Å². The molecule has 0 aliphatic heterocycles. The topological polar surface area (TPSA) is 55.1 Å². The summed E-state index contributed by atoms with van der Waals surface area (Å²) in [6.07, 6.45) is 0. The van der Waals surface area contributed by atoms with E-state index in [1.165, 1.54) is 18.2 Å². The molecule has 0 aliphatic rings. The summed E-state index contributed by atoms with van der Waals surface area (Å²) in [6, 6.07) is 3.97. The van der Waals surface area contributed by atoms with E-state index in [9.17, 15) is 8.60 Å². The van der Waals surface area contributed by atoms with E-state index < -0.39 is 16.8 Å². The first-order chi connectivity index (χ1) is 5.65. The average molecular weight is 188 g/mol. The summed E-state index contributed by atoms with van der Waals surface area (Å²) in [5, 5.41) is 0. The molecule has 5 heteroatoms. The van der Waals surface area contributed by atoms with Crippen LogP contribution in [0, 0.1) is 5.82 Å². The van der Waals surface area contributed by atoms with Crippen LogP contribution >= 0.6 is 0 Å². The van der Waals surface area contributed by atoms with Gasteiger partial charge in [0.15, 0.2) is 0 Å². The van der Waals surface area contributed by atoms with E-state index in [-0.39, 0.29) is 5.69 Å². The molecule has 1 aromatic rings. The standard InChI is InChI=1S/C7H9FN2OS/c1-10-12(11)5-2-3-6(8)7(9)4-5/h2-4,10H,9H2,1H3. The van der Waals surface area contributed by atoms with Crippen LogP contribution < -0.4 is 10.5 Å². The molecule has 0 radical (unpaired) electrons. The number of halogens is 1. The first-order valence-corrected chi connectivity index (χ1v) is 4.44. The van der Waals surface area contributed by atoms with Gasteiger partial charge in [-0.3, -0.25) is 0 Å². The van der Waals surface area contributed by atoms with Gasteiger partial charge in [-0.15, -0.1) is 0 Å². The highest BCUT2D eigenvalue weighted by Crippen LogP contribution is 2.13. The second kappa shape index (κ2) is 3.64. The van der Waals surface area contributed by atoms with Crippen LogP contribution in [0.5, 0.6) is 0 Å². The van der Waals surface area contributed by atoms with Crippen molar-refractivity contribution >= 4 is 16.7 Å². The zero-order valence-corrected chi connectivity index (χ0v) is 7.32. The number of hydrogen-bond donors (Lipinski definition) is 2. The number of nitrogens with one attached hydrogen (secondary N) is 1. The normalized spacial score (nSPS) is 12.8. The maximum atomic E-state index is 12.6. The molecule has 0 heterocycles. The van der Waals surface area contributed by atoms with Gasteiger partial charge in [-0.25, -0.2) is 13.3 Å². The largest absolute Gasteiger partial charge is 0.396 e. The molecule has 1 atom stereocenters. The summed E-state index contributed by atoms with van der Waals surface area (Å²) in [5.41, 5.74) is 5.29. The molecule has 0 fully saturated rings. The molecule has 0 saturated heterocycles. The fourth-order valence-electron chi connectivity index (χ4n) is 0.755. The van der Waals surface area contributed by atoms with Crippen molar-refractivity contribution in [1.82, 2.24) is 4.72 Å². The number of benzene rings is 1. The van der Waals surface area contributed by atoms with Crippen molar-refractivity contribution in [2.45, 2.75) is 4.90 Å². The predicted octanol–water partition coefficient (Wildman–Crippen LogP) is 0.650. The van der Waals surface area contributed by atoms with E-state index in [4.69, 9.17) is 5.73 Å². The summed E-state index contributed by atoms with van der Waals surface area (Å²) in [4.78, 5) is 0.469. The Hall–Kier alpha value is -0.940. The Morgan fingerprint density at radius 1 is 1.58 bits per heavy atom. The Kier molecular flexibility index (Phi) is 2.78. The molecule has 0 spiro atoms. The summed E-state index contributed by atoms with van der Waals surface area (Å²) in [7, 11) is 0.246. The number of nitrogens with two attached hydrogens (primary N) is 1. The second-order valence-electron chi connectivity index (χ2n) is 2.16. The molecule has 0 aromatic heterocycles. The lowest BCUT2D eigenvalue weighted by Gasteiger charge is -2.01. The van der Waals surface area contributed by atoms with Gasteiger partial charge in [0, 0.05) is 0 Å². The van der Waals surface area contributed by atoms with Crippen molar-refractivity contribution < 1.29 is 8.60 Å². The average Bonchev–Trinajstić information content (AvgIpc) is 2.08. The molecule has 1 unspecified atom stereocenters. The second-order valence-corrected chi connectivity index (χ2v) is 3.57. The minimum Gasteiger partial charge on any atom is -0.396 e. The third kappa shape index (κ3) is 1.80. The lowest BCUT2D eigenvalue weighted by Crippen LogP contribution is -2.10. The molecule has 0 aliphatic carbocycles. The molecule has 12 heavy (non-hydrogen) atoms. The lowest BCUT2D eigenvalue weighted by atomic mass is 10.3. The summed E-state index contributed by atoms with van der Waals surface area (Å²) < 4.78 is 26.2. The highest BCUT2D eigenvalue weighted by Gasteiger charge is 2.03. The van der Waals surface area contributed by atoms with Crippen molar-refractivity contribution in [2.75, 3.05) is 12.8 Å². The van der Waals surface area contributed by atoms with Gasteiger partial charge in [-0.05, 0) is 25.2 Å². The number of nitrogen functional groups attached to an aromatic ring is 1. The van der Waals surface area contributed by atoms with E-state index >= 15 is 0 Å². The zero-order valence-electron chi connectivity index (χ0n) is 6.50. The number of hydrogen-bond acceptors (Lipinski definition) is 2. The third-order valence-electron chi connectivity index (χ3n) is 1.37. The predicted molar refractivity (Wildman–Crippen MR) is 46.3 cm³/mol. The molecule has 3 N–H and O–H groups in total. The maximum Gasteiger partial charge on any atom is 0.146 e. The highest BCUT2D eigenvalue weighted by atomic mass is 32.2. The van der Waals surface area contributed by atoms with Gasteiger partial charge >= 0.3 is 0 Å². The maximum absolute atomic E-state index is 12.6. The quantitative estimate of drug-likeness (QED) is 0.669. The van der Waals surface area contributed by atoms with Crippen LogP contribution in [0.15, 0.2) is 23.1 Å². The first kappa shape index (κ1) is 9.15. The Morgan fingerprint density at radius 3 is 2.75 bits per heavy atom. The van der Waals surface area contributed by atoms with E-state index in [1.807, 2.05) is 0 Å². The van der Waals surface area contributed by atoms with E-state index in [1.54, 1.807) is 7.05 Å². The molecule has 1 rings (SSSR count). The van der Waals surface area contributed by atoms with Crippen LogP contribution in [0.2, 0.25) is 0 Å². The zero-order chi connectivity index (χ0) is 9.14. The third-order valence-corrected chi connectivity index (χ3v) is 2.42. The number of rotatable bonds is 2. The van der Waals surface area contributed by atoms with Crippen LogP contribution in [0.3, 0.4) is 0 Å². The Bertz CT molecular complexity index is 316. The summed E-state index contributed by atoms with van der Waals surface area (Å²) >= 11 is 0. The van der Waals surface area contributed by atoms with Crippen LogP contribution in [0.4, 0.5) is 10.1 Å². The van der Waals surface area contributed by atoms with Gasteiger partial charge in [0.05, 0.1) is 10.6 Å². The van der Waals surface area contributed by atoms with Gasteiger partial charge in [0.2, 0.25) is 0 Å². The summed E-state index contributed by atoms with van der Waals surface area (Å²) in [6.45, 7) is 0. The number of anilines is 1. The van der Waals surface area contributed by atoms with Gasteiger partial charge in [0.25, 0.3) is 0 Å². The van der Waals surface area contributed by atoms with Crippen molar-refractivity contribution in [2.24, 2.45) is 0 Å². The molecule has 66 valence electrons. The molecular formula is C7H9FN2OS. The molecule has 0 saturated carbocycles. The van der Waals surface area contributed by atoms with Gasteiger partial charge in [0.1, 0.15) is 16.8 Å².